The summed E-state index contributed by atoms with van der Waals surface area (Å²) in [6, 6.07) is 21.5. The fraction of sp³-hybridized carbons (Fsp3) is 0.296. The van der Waals surface area contributed by atoms with E-state index in [1.54, 1.807) is 0 Å². The van der Waals surface area contributed by atoms with Crippen LogP contribution in [0.25, 0.3) is 16.3 Å². The SMILES string of the molecule is CCN(CC)c1ccc(C2Nc3c(ccc4ccccc34)C3=C2C(=O)CCC3)cc1. The fourth-order valence-electron chi connectivity index (χ4n) is 5.09. The molecule has 0 amide bonds. The van der Waals surface area contributed by atoms with E-state index >= 15 is 0 Å². The summed E-state index contributed by atoms with van der Waals surface area (Å²) >= 11 is 0. The van der Waals surface area contributed by atoms with Crippen LogP contribution in [0.3, 0.4) is 0 Å². The largest absolute Gasteiger partial charge is 0.373 e. The van der Waals surface area contributed by atoms with Gasteiger partial charge in [0, 0.05) is 41.7 Å². The number of Topliss-reactive ketones (excluding diaryl/α,β-unsaturated/α-hetero) is 1. The molecule has 1 N–H and O–H groups in total. The Hall–Kier alpha value is -3.07. The van der Waals surface area contributed by atoms with Crippen LogP contribution < -0.4 is 10.2 Å². The quantitative estimate of drug-likeness (QED) is 0.557. The van der Waals surface area contributed by atoms with Gasteiger partial charge in [0.25, 0.3) is 0 Å². The zero-order chi connectivity index (χ0) is 20.7. The third-order valence-electron chi connectivity index (χ3n) is 6.64. The molecule has 30 heavy (non-hydrogen) atoms. The van der Waals surface area contributed by atoms with Crippen LogP contribution in [-0.2, 0) is 4.79 Å². The summed E-state index contributed by atoms with van der Waals surface area (Å²) in [6.07, 6.45) is 2.57. The van der Waals surface area contributed by atoms with Gasteiger partial charge in [0.1, 0.15) is 0 Å². The van der Waals surface area contributed by atoms with E-state index in [9.17, 15) is 4.79 Å². The van der Waals surface area contributed by atoms with Gasteiger partial charge in [-0.05, 0) is 55.3 Å². The van der Waals surface area contributed by atoms with Crippen LogP contribution in [0.1, 0.15) is 50.3 Å². The first-order valence-electron chi connectivity index (χ1n) is 11.1. The summed E-state index contributed by atoms with van der Waals surface area (Å²) in [4.78, 5) is 15.4. The van der Waals surface area contributed by atoms with E-state index < -0.39 is 0 Å². The summed E-state index contributed by atoms with van der Waals surface area (Å²) in [5, 5.41) is 6.22. The standard InChI is InChI=1S/C27H28N2O/c1-3-29(4-2)20-15-12-19(13-16-20)26-25-22(10-7-11-24(25)30)23-17-14-18-8-5-6-9-21(18)27(23)28-26/h5-6,8-9,12-17,26,28H,3-4,7,10-11H2,1-2H3. The molecule has 1 atom stereocenters. The van der Waals surface area contributed by atoms with Crippen molar-refractivity contribution in [3.8, 4) is 0 Å². The van der Waals surface area contributed by atoms with Gasteiger partial charge >= 0.3 is 0 Å². The highest BCUT2D eigenvalue weighted by Crippen LogP contribution is 2.47. The summed E-state index contributed by atoms with van der Waals surface area (Å²) in [5.41, 5.74) is 6.97. The van der Waals surface area contributed by atoms with Crippen molar-refractivity contribution in [2.75, 3.05) is 23.3 Å². The van der Waals surface area contributed by atoms with Gasteiger partial charge in [-0.2, -0.15) is 0 Å². The maximum Gasteiger partial charge on any atom is 0.161 e. The molecule has 3 aromatic carbocycles. The van der Waals surface area contributed by atoms with Crippen LogP contribution in [0.15, 0.2) is 66.2 Å². The molecule has 3 aromatic rings. The number of hydrogen-bond donors (Lipinski definition) is 1. The lowest BCUT2D eigenvalue weighted by atomic mass is 9.77. The summed E-state index contributed by atoms with van der Waals surface area (Å²) < 4.78 is 0. The third kappa shape index (κ3) is 3.00. The number of ketones is 1. The Morgan fingerprint density at radius 2 is 1.70 bits per heavy atom. The van der Waals surface area contributed by atoms with Crippen molar-refractivity contribution in [3.63, 3.8) is 0 Å². The first-order chi connectivity index (χ1) is 14.7. The van der Waals surface area contributed by atoms with Crippen molar-refractivity contribution in [2.45, 2.75) is 39.2 Å². The molecule has 0 bridgehead atoms. The minimum atomic E-state index is -0.0862. The predicted molar refractivity (Wildman–Crippen MR) is 126 cm³/mol. The van der Waals surface area contributed by atoms with Gasteiger partial charge in [-0.25, -0.2) is 0 Å². The second-order valence-electron chi connectivity index (χ2n) is 8.22. The van der Waals surface area contributed by atoms with Gasteiger partial charge in [0.15, 0.2) is 5.78 Å². The average molecular weight is 397 g/mol. The lowest BCUT2D eigenvalue weighted by Crippen LogP contribution is -2.27. The maximum absolute atomic E-state index is 13.0. The lowest BCUT2D eigenvalue weighted by molar-refractivity contribution is -0.116. The number of carbonyl (C=O) groups is 1. The van der Waals surface area contributed by atoms with E-state index in [-0.39, 0.29) is 6.04 Å². The van der Waals surface area contributed by atoms with Crippen molar-refractivity contribution in [1.82, 2.24) is 0 Å². The Morgan fingerprint density at radius 3 is 2.47 bits per heavy atom. The number of allylic oxidation sites excluding steroid dienone is 1. The number of anilines is 2. The van der Waals surface area contributed by atoms with Gasteiger partial charge < -0.3 is 10.2 Å². The van der Waals surface area contributed by atoms with Crippen LogP contribution in [-0.4, -0.2) is 18.9 Å². The van der Waals surface area contributed by atoms with E-state index in [0.29, 0.717) is 12.2 Å². The van der Waals surface area contributed by atoms with Crippen LogP contribution in [0, 0.1) is 0 Å². The van der Waals surface area contributed by atoms with Gasteiger partial charge in [0.05, 0.1) is 11.7 Å². The fourth-order valence-corrected chi connectivity index (χ4v) is 5.09. The summed E-state index contributed by atoms with van der Waals surface area (Å²) in [6.45, 7) is 6.34. The number of benzene rings is 3. The highest BCUT2D eigenvalue weighted by Gasteiger charge is 2.34. The minimum absolute atomic E-state index is 0.0862. The zero-order valence-electron chi connectivity index (χ0n) is 17.7. The van der Waals surface area contributed by atoms with Crippen LogP contribution in [0.2, 0.25) is 0 Å². The van der Waals surface area contributed by atoms with E-state index in [4.69, 9.17) is 0 Å². The Bertz CT molecular complexity index is 1140. The van der Waals surface area contributed by atoms with Crippen molar-refractivity contribution in [2.24, 2.45) is 0 Å². The van der Waals surface area contributed by atoms with E-state index in [1.165, 1.54) is 33.3 Å². The first kappa shape index (κ1) is 18.9. The number of nitrogens with one attached hydrogen (secondary N) is 1. The average Bonchev–Trinajstić information content (AvgIpc) is 2.80. The number of nitrogens with zero attached hydrogens (tertiary/aromatic N) is 1. The van der Waals surface area contributed by atoms with Gasteiger partial charge in [-0.1, -0.05) is 48.5 Å². The molecule has 0 spiro atoms. The molecule has 1 aliphatic carbocycles. The molecule has 0 saturated heterocycles. The minimum Gasteiger partial charge on any atom is -0.373 e. The van der Waals surface area contributed by atoms with Gasteiger partial charge in [-0.3, -0.25) is 4.79 Å². The highest BCUT2D eigenvalue weighted by atomic mass is 16.1. The first-order valence-corrected chi connectivity index (χ1v) is 11.1. The maximum atomic E-state index is 13.0. The molecule has 2 aliphatic rings. The normalized spacial score (nSPS) is 18.1. The van der Waals surface area contributed by atoms with E-state index in [0.717, 1.165) is 37.1 Å². The highest BCUT2D eigenvalue weighted by molar-refractivity contribution is 6.11. The molecular weight excluding hydrogens is 368 g/mol. The van der Waals surface area contributed by atoms with Gasteiger partial charge in [-0.15, -0.1) is 0 Å². The smallest absolute Gasteiger partial charge is 0.161 e. The molecule has 1 aliphatic heterocycles. The Morgan fingerprint density at radius 1 is 0.933 bits per heavy atom. The zero-order valence-corrected chi connectivity index (χ0v) is 17.7. The predicted octanol–water partition coefficient (Wildman–Crippen LogP) is 6.36. The molecule has 3 nitrogen and oxygen atoms in total. The van der Waals surface area contributed by atoms with E-state index in [1.807, 2.05) is 0 Å². The number of hydrogen-bond acceptors (Lipinski definition) is 3. The summed E-state index contributed by atoms with van der Waals surface area (Å²) in [5.74, 6) is 0.292. The molecule has 0 aromatic heterocycles. The number of rotatable bonds is 4. The topological polar surface area (TPSA) is 32.3 Å². The van der Waals surface area contributed by atoms with Crippen LogP contribution >= 0.6 is 0 Å². The molecule has 1 unspecified atom stereocenters. The monoisotopic (exact) mass is 396 g/mol. The molecule has 0 fully saturated rings. The Kier molecular flexibility index (Phi) is 4.82. The lowest BCUT2D eigenvalue weighted by Gasteiger charge is -2.35. The van der Waals surface area contributed by atoms with Crippen LogP contribution in [0.4, 0.5) is 11.4 Å². The van der Waals surface area contributed by atoms with Gasteiger partial charge in [0.2, 0.25) is 0 Å². The number of carbonyl (C=O) groups excluding carboxylic acids is 1. The van der Waals surface area contributed by atoms with Crippen LogP contribution in [0.5, 0.6) is 0 Å². The molecule has 152 valence electrons. The molecule has 0 radical (unpaired) electrons. The molecule has 1 heterocycles. The molecule has 3 heteroatoms. The molecular formula is C27H28N2O. The second-order valence-corrected chi connectivity index (χ2v) is 8.22. The van der Waals surface area contributed by atoms with Crippen molar-refractivity contribution < 1.29 is 4.79 Å². The molecule has 5 rings (SSSR count). The second kappa shape index (κ2) is 7.64. The molecule has 0 saturated carbocycles. The number of fused-ring (bicyclic) bond motifs is 4. The Balaban J connectivity index is 1.65. The van der Waals surface area contributed by atoms with Crippen molar-refractivity contribution in [3.05, 3.63) is 77.4 Å². The Labute approximate surface area is 178 Å². The van der Waals surface area contributed by atoms with E-state index in [2.05, 4.69) is 84.7 Å². The van der Waals surface area contributed by atoms with Crippen molar-refractivity contribution >= 4 is 33.5 Å². The summed E-state index contributed by atoms with van der Waals surface area (Å²) in [7, 11) is 0. The van der Waals surface area contributed by atoms with Crippen molar-refractivity contribution in [1.29, 1.82) is 0 Å². The third-order valence-corrected chi connectivity index (χ3v) is 6.64.